The van der Waals surface area contributed by atoms with Gasteiger partial charge in [-0.15, -0.1) is 0 Å². The predicted molar refractivity (Wildman–Crippen MR) is 74.8 cm³/mol. The molecule has 0 unspecified atom stereocenters. The first-order chi connectivity index (χ1) is 7.69. The second-order valence-corrected chi connectivity index (χ2v) is 3.28. The van der Waals surface area contributed by atoms with Gasteiger partial charge >= 0.3 is 0 Å². The summed E-state index contributed by atoms with van der Waals surface area (Å²) in [5.41, 5.74) is 2.97. The van der Waals surface area contributed by atoms with Crippen LogP contribution >= 0.6 is 0 Å². The van der Waals surface area contributed by atoms with Crippen molar-refractivity contribution in [1.29, 1.82) is 0 Å². The summed E-state index contributed by atoms with van der Waals surface area (Å²) in [6.07, 6.45) is 13.8. The Hall–Kier alpha value is -1.63. The van der Waals surface area contributed by atoms with Crippen molar-refractivity contribution in [2.24, 2.45) is 4.99 Å². The van der Waals surface area contributed by atoms with Crippen molar-refractivity contribution in [3.8, 4) is 0 Å². The van der Waals surface area contributed by atoms with Crippen molar-refractivity contribution in [3.63, 3.8) is 0 Å². The fraction of sp³-hybridized carbons (Fsp3) is 0.267. The summed E-state index contributed by atoms with van der Waals surface area (Å²) >= 11 is 0. The average molecular weight is 215 g/mol. The topological polar surface area (TPSA) is 12.4 Å². The van der Waals surface area contributed by atoms with Crippen LogP contribution in [-0.2, 0) is 0 Å². The number of allylic oxidation sites excluding steroid dienone is 7. The smallest absolute Gasteiger partial charge is 0.0662 e. The van der Waals surface area contributed by atoms with Gasteiger partial charge in [0.05, 0.1) is 5.70 Å². The van der Waals surface area contributed by atoms with Gasteiger partial charge in [-0.2, -0.15) is 0 Å². The third-order valence-corrected chi connectivity index (χ3v) is 1.96. The number of nitrogens with zero attached hydrogens (tertiary/aromatic N) is 1. The van der Waals surface area contributed by atoms with Crippen LogP contribution in [0.5, 0.6) is 0 Å². The molecule has 0 atom stereocenters. The number of hydrogen-bond acceptors (Lipinski definition) is 1. The van der Waals surface area contributed by atoms with Gasteiger partial charge in [0.25, 0.3) is 0 Å². The highest BCUT2D eigenvalue weighted by atomic mass is 14.7. The van der Waals surface area contributed by atoms with Crippen LogP contribution in [0.3, 0.4) is 0 Å². The molecule has 86 valence electrons. The molecule has 0 bridgehead atoms. The lowest BCUT2D eigenvalue weighted by Crippen LogP contribution is -1.89. The molecule has 0 spiro atoms. The molecule has 1 heteroatoms. The molecule has 0 aliphatic heterocycles. The van der Waals surface area contributed by atoms with E-state index in [-0.39, 0.29) is 0 Å². The van der Waals surface area contributed by atoms with E-state index in [1.54, 1.807) is 0 Å². The normalized spacial score (nSPS) is 15.1. The molecule has 0 aromatic rings. The molecule has 0 fully saturated rings. The minimum absolute atomic E-state index is 0.948. The molecule has 0 N–H and O–H groups in total. The molecule has 0 heterocycles. The molecule has 16 heavy (non-hydrogen) atoms. The summed E-state index contributed by atoms with van der Waals surface area (Å²) in [5, 5.41) is 0. The number of rotatable bonds is 5. The SMILES string of the molecule is C=CC(=C\C=C/C)/C(=C/C)/N=C(C)\C=C/C. The van der Waals surface area contributed by atoms with Gasteiger partial charge in [-0.05, 0) is 39.3 Å². The van der Waals surface area contributed by atoms with Gasteiger partial charge in [0, 0.05) is 5.71 Å². The quantitative estimate of drug-likeness (QED) is 0.469. The second-order valence-electron chi connectivity index (χ2n) is 3.28. The first kappa shape index (κ1) is 14.4. The lowest BCUT2D eigenvalue weighted by molar-refractivity contribution is 1.31. The van der Waals surface area contributed by atoms with E-state index in [9.17, 15) is 0 Å². The molecule has 0 aromatic heterocycles. The number of aliphatic imine (C=N–C) groups is 1. The Balaban J connectivity index is 5.14. The van der Waals surface area contributed by atoms with E-state index in [1.165, 1.54) is 0 Å². The third kappa shape index (κ3) is 5.30. The first-order valence-corrected chi connectivity index (χ1v) is 5.49. The Morgan fingerprint density at radius 2 is 1.81 bits per heavy atom. The standard InChI is InChI=1S/C15H21N/c1-6-10-12-14(8-3)15(9-4)16-13(5)11-7-2/h6-12H,3H2,1-2,4-5H3/b10-6-,11-7-,14-12+,15-9-,16-13-. The Labute approximate surface area is 99.3 Å². The van der Waals surface area contributed by atoms with Crippen molar-refractivity contribution in [1.82, 2.24) is 0 Å². The van der Waals surface area contributed by atoms with Crippen molar-refractivity contribution >= 4 is 5.71 Å². The summed E-state index contributed by atoms with van der Waals surface area (Å²) < 4.78 is 0. The zero-order chi connectivity index (χ0) is 12.4. The summed E-state index contributed by atoms with van der Waals surface area (Å²) in [7, 11) is 0. The van der Waals surface area contributed by atoms with Gasteiger partial charge in [-0.25, -0.2) is 0 Å². The molecule has 0 rings (SSSR count). The summed E-state index contributed by atoms with van der Waals surface area (Å²) in [6, 6.07) is 0. The molecule has 0 saturated heterocycles. The van der Waals surface area contributed by atoms with Gasteiger partial charge in [0.1, 0.15) is 0 Å². The largest absolute Gasteiger partial charge is 0.254 e. The molecule has 0 aliphatic carbocycles. The third-order valence-electron chi connectivity index (χ3n) is 1.96. The number of hydrogen-bond donors (Lipinski definition) is 0. The van der Waals surface area contributed by atoms with Gasteiger partial charge in [-0.1, -0.05) is 43.0 Å². The second kappa shape index (κ2) is 8.66. The van der Waals surface area contributed by atoms with Crippen LogP contribution in [0.4, 0.5) is 0 Å². The van der Waals surface area contributed by atoms with Crippen LogP contribution in [0.15, 0.2) is 65.4 Å². The van der Waals surface area contributed by atoms with E-state index >= 15 is 0 Å². The zero-order valence-electron chi connectivity index (χ0n) is 10.7. The lowest BCUT2D eigenvalue weighted by atomic mass is 10.1. The molecular formula is C15H21N. The summed E-state index contributed by atoms with van der Waals surface area (Å²) in [5.74, 6) is 0. The van der Waals surface area contributed by atoms with Crippen molar-refractivity contribution in [3.05, 3.63) is 60.4 Å². The molecule has 0 saturated carbocycles. The molecule has 0 aliphatic rings. The average Bonchev–Trinajstić information content (AvgIpc) is 2.28. The van der Waals surface area contributed by atoms with Crippen molar-refractivity contribution < 1.29 is 0 Å². The van der Waals surface area contributed by atoms with E-state index in [0.717, 1.165) is 17.0 Å². The van der Waals surface area contributed by atoms with Crippen LogP contribution in [0.2, 0.25) is 0 Å². The monoisotopic (exact) mass is 215 g/mol. The highest BCUT2D eigenvalue weighted by molar-refractivity contribution is 5.93. The van der Waals surface area contributed by atoms with E-state index < -0.39 is 0 Å². The van der Waals surface area contributed by atoms with E-state index in [0.29, 0.717) is 0 Å². The maximum atomic E-state index is 4.53. The Bertz CT molecular complexity index is 363. The van der Waals surface area contributed by atoms with Crippen LogP contribution in [0.25, 0.3) is 0 Å². The Morgan fingerprint density at radius 1 is 1.12 bits per heavy atom. The van der Waals surface area contributed by atoms with Crippen LogP contribution in [0.1, 0.15) is 27.7 Å². The van der Waals surface area contributed by atoms with Gasteiger partial charge in [-0.3, -0.25) is 4.99 Å². The van der Waals surface area contributed by atoms with Crippen LogP contribution < -0.4 is 0 Å². The van der Waals surface area contributed by atoms with Gasteiger partial charge < -0.3 is 0 Å². The first-order valence-electron chi connectivity index (χ1n) is 5.49. The molecule has 0 aromatic carbocycles. The fourth-order valence-corrected chi connectivity index (χ4v) is 1.22. The lowest BCUT2D eigenvalue weighted by Gasteiger charge is -2.02. The van der Waals surface area contributed by atoms with Gasteiger partial charge in [0.2, 0.25) is 0 Å². The summed E-state index contributed by atoms with van der Waals surface area (Å²) in [6.45, 7) is 11.7. The Morgan fingerprint density at radius 3 is 2.25 bits per heavy atom. The minimum Gasteiger partial charge on any atom is -0.254 e. The van der Waals surface area contributed by atoms with E-state index in [4.69, 9.17) is 0 Å². The Kier molecular flexibility index (Phi) is 7.78. The van der Waals surface area contributed by atoms with Crippen LogP contribution in [-0.4, -0.2) is 5.71 Å². The van der Waals surface area contributed by atoms with Crippen molar-refractivity contribution in [2.75, 3.05) is 0 Å². The summed E-state index contributed by atoms with van der Waals surface area (Å²) in [4.78, 5) is 4.53. The van der Waals surface area contributed by atoms with Crippen LogP contribution in [0, 0.1) is 0 Å². The zero-order valence-corrected chi connectivity index (χ0v) is 10.7. The van der Waals surface area contributed by atoms with E-state index in [1.807, 2.05) is 70.2 Å². The van der Waals surface area contributed by atoms with E-state index in [2.05, 4.69) is 11.6 Å². The minimum atomic E-state index is 0.948. The maximum absolute atomic E-state index is 4.53. The fourth-order valence-electron chi connectivity index (χ4n) is 1.22. The van der Waals surface area contributed by atoms with Gasteiger partial charge in [0.15, 0.2) is 0 Å². The molecule has 1 nitrogen and oxygen atoms in total. The maximum Gasteiger partial charge on any atom is 0.0662 e. The highest BCUT2D eigenvalue weighted by Gasteiger charge is 1.97. The molecule has 0 radical (unpaired) electrons. The van der Waals surface area contributed by atoms with Crippen molar-refractivity contribution in [2.45, 2.75) is 27.7 Å². The molecular weight excluding hydrogens is 194 g/mol. The highest BCUT2D eigenvalue weighted by Crippen LogP contribution is 2.13. The predicted octanol–water partition coefficient (Wildman–Crippen LogP) is 4.62. The molecule has 0 amide bonds.